The predicted molar refractivity (Wildman–Crippen MR) is 81.1 cm³/mol. The van der Waals surface area contributed by atoms with Gasteiger partial charge in [0.25, 0.3) is 0 Å². The van der Waals surface area contributed by atoms with Gasteiger partial charge in [0.1, 0.15) is 6.04 Å². The van der Waals surface area contributed by atoms with E-state index in [1.54, 1.807) is 4.90 Å². The van der Waals surface area contributed by atoms with Crippen molar-refractivity contribution in [2.75, 3.05) is 6.54 Å². The minimum absolute atomic E-state index is 0.116. The molecular weight excluding hydrogens is 268 g/mol. The van der Waals surface area contributed by atoms with Crippen LogP contribution in [0.15, 0.2) is 0 Å². The van der Waals surface area contributed by atoms with Gasteiger partial charge in [0.15, 0.2) is 0 Å². The number of carboxylic acids is 1. The van der Waals surface area contributed by atoms with Crippen LogP contribution >= 0.6 is 0 Å². The van der Waals surface area contributed by atoms with E-state index in [1.807, 2.05) is 0 Å². The molecule has 4 atom stereocenters. The largest absolute Gasteiger partial charge is 0.480 e. The number of nitrogens with zero attached hydrogens (tertiary/aromatic N) is 1. The van der Waals surface area contributed by atoms with Gasteiger partial charge in [0.2, 0.25) is 0 Å². The molecule has 5 nitrogen and oxygen atoms in total. The van der Waals surface area contributed by atoms with Gasteiger partial charge in [-0.15, -0.1) is 0 Å². The molecular formula is C16H28N2O3. The molecule has 120 valence electrons. The highest BCUT2D eigenvalue weighted by Gasteiger charge is 2.43. The van der Waals surface area contributed by atoms with E-state index in [9.17, 15) is 14.7 Å². The maximum Gasteiger partial charge on any atom is 0.326 e. The van der Waals surface area contributed by atoms with Gasteiger partial charge in [-0.1, -0.05) is 33.1 Å². The molecule has 1 saturated carbocycles. The Labute approximate surface area is 127 Å². The van der Waals surface area contributed by atoms with Gasteiger partial charge in [0.05, 0.1) is 0 Å². The van der Waals surface area contributed by atoms with E-state index in [-0.39, 0.29) is 12.1 Å². The van der Waals surface area contributed by atoms with E-state index in [4.69, 9.17) is 0 Å². The zero-order valence-electron chi connectivity index (χ0n) is 13.2. The van der Waals surface area contributed by atoms with Crippen LogP contribution in [0.2, 0.25) is 0 Å². The molecule has 2 aliphatic rings. The maximum atomic E-state index is 12.5. The third-order valence-electron chi connectivity index (χ3n) is 5.19. The van der Waals surface area contributed by atoms with Gasteiger partial charge in [-0.25, -0.2) is 9.59 Å². The third-order valence-corrected chi connectivity index (χ3v) is 5.19. The normalized spacial score (nSPS) is 30.4. The molecule has 0 aromatic rings. The standard InChI is InChI=1S/C16H28N2O3/c1-3-11(2)10-17-16(21)18-13-7-5-4-6-12(13)8-9-14(18)15(19)20/h11-14H,3-10H2,1-2H3,(H,17,21)(H,19,20). The molecule has 0 spiro atoms. The van der Waals surface area contributed by atoms with Crippen LogP contribution in [0.5, 0.6) is 0 Å². The van der Waals surface area contributed by atoms with Crippen LogP contribution in [0.4, 0.5) is 4.79 Å². The molecule has 1 saturated heterocycles. The highest BCUT2D eigenvalue weighted by molar-refractivity contribution is 5.83. The van der Waals surface area contributed by atoms with Crippen molar-refractivity contribution in [1.82, 2.24) is 10.2 Å². The average Bonchev–Trinajstić information content (AvgIpc) is 2.50. The van der Waals surface area contributed by atoms with E-state index >= 15 is 0 Å². The lowest BCUT2D eigenvalue weighted by molar-refractivity contribution is -0.145. The molecule has 2 N–H and O–H groups in total. The van der Waals surface area contributed by atoms with Crippen molar-refractivity contribution in [3.05, 3.63) is 0 Å². The minimum atomic E-state index is -0.863. The van der Waals surface area contributed by atoms with Crippen molar-refractivity contribution < 1.29 is 14.7 Å². The summed E-state index contributed by atoms with van der Waals surface area (Å²) in [5.41, 5.74) is 0. The van der Waals surface area contributed by atoms with Gasteiger partial charge in [-0.2, -0.15) is 0 Å². The zero-order valence-corrected chi connectivity index (χ0v) is 13.2. The van der Waals surface area contributed by atoms with Gasteiger partial charge in [-0.05, 0) is 37.5 Å². The molecule has 2 rings (SSSR count). The number of rotatable bonds is 4. The summed E-state index contributed by atoms with van der Waals surface area (Å²) in [6.45, 7) is 4.80. The monoisotopic (exact) mass is 296 g/mol. The number of carbonyl (C=O) groups excluding carboxylic acids is 1. The second kappa shape index (κ2) is 7.14. The molecule has 0 aromatic carbocycles. The Balaban J connectivity index is 2.08. The summed E-state index contributed by atoms with van der Waals surface area (Å²) in [4.78, 5) is 25.7. The van der Waals surface area contributed by atoms with Crippen molar-refractivity contribution in [2.24, 2.45) is 11.8 Å². The third kappa shape index (κ3) is 3.69. The molecule has 5 heteroatoms. The highest BCUT2D eigenvalue weighted by atomic mass is 16.4. The average molecular weight is 296 g/mol. The second-order valence-electron chi connectivity index (χ2n) is 6.65. The van der Waals surface area contributed by atoms with E-state index in [2.05, 4.69) is 19.2 Å². The van der Waals surface area contributed by atoms with Crippen LogP contribution in [0, 0.1) is 11.8 Å². The summed E-state index contributed by atoms with van der Waals surface area (Å²) in [7, 11) is 0. The van der Waals surface area contributed by atoms with Crippen LogP contribution in [-0.4, -0.2) is 40.6 Å². The summed E-state index contributed by atoms with van der Waals surface area (Å²) >= 11 is 0. The topological polar surface area (TPSA) is 69.6 Å². The Morgan fingerprint density at radius 3 is 2.62 bits per heavy atom. The smallest absolute Gasteiger partial charge is 0.326 e. The van der Waals surface area contributed by atoms with E-state index in [0.29, 0.717) is 24.8 Å². The zero-order chi connectivity index (χ0) is 15.4. The molecule has 2 fully saturated rings. The van der Waals surface area contributed by atoms with Gasteiger partial charge in [-0.3, -0.25) is 0 Å². The fourth-order valence-electron chi connectivity index (χ4n) is 3.66. The number of carboxylic acid groups (broad SMARTS) is 1. The number of urea groups is 1. The van der Waals surface area contributed by atoms with Crippen LogP contribution in [0.3, 0.4) is 0 Å². The Bertz CT molecular complexity index is 386. The predicted octanol–water partition coefficient (Wildman–Crippen LogP) is 2.85. The molecule has 1 heterocycles. The van der Waals surface area contributed by atoms with E-state index in [1.165, 1.54) is 6.42 Å². The van der Waals surface area contributed by atoms with Crippen LogP contribution < -0.4 is 5.32 Å². The fourth-order valence-corrected chi connectivity index (χ4v) is 3.66. The van der Waals surface area contributed by atoms with Crippen LogP contribution in [0.1, 0.15) is 58.8 Å². The first kappa shape index (κ1) is 16.1. The number of amides is 2. The highest BCUT2D eigenvalue weighted by Crippen LogP contribution is 2.37. The number of likely N-dealkylation sites (tertiary alicyclic amines) is 1. The SMILES string of the molecule is CCC(C)CNC(=O)N1C(C(=O)O)CCC2CCCCC21. The Morgan fingerprint density at radius 1 is 1.24 bits per heavy atom. The molecule has 1 aliphatic carbocycles. The van der Waals surface area contributed by atoms with Crippen molar-refractivity contribution in [1.29, 1.82) is 0 Å². The van der Waals surface area contributed by atoms with E-state index < -0.39 is 12.0 Å². The molecule has 0 aromatic heterocycles. The second-order valence-corrected chi connectivity index (χ2v) is 6.65. The summed E-state index contributed by atoms with van der Waals surface area (Å²) in [6, 6.07) is -0.717. The number of nitrogens with one attached hydrogen (secondary N) is 1. The van der Waals surface area contributed by atoms with Gasteiger partial charge >= 0.3 is 12.0 Å². The van der Waals surface area contributed by atoms with Crippen LogP contribution in [-0.2, 0) is 4.79 Å². The number of carbonyl (C=O) groups is 2. The Kier molecular flexibility index (Phi) is 5.48. The Hall–Kier alpha value is -1.26. The van der Waals surface area contributed by atoms with Crippen molar-refractivity contribution in [2.45, 2.75) is 70.9 Å². The van der Waals surface area contributed by atoms with Crippen LogP contribution in [0.25, 0.3) is 0 Å². The van der Waals surface area contributed by atoms with Gasteiger partial charge < -0.3 is 15.3 Å². The number of fused-ring (bicyclic) bond motifs is 1. The molecule has 4 unspecified atom stereocenters. The first-order valence-electron chi connectivity index (χ1n) is 8.33. The minimum Gasteiger partial charge on any atom is -0.480 e. The lowest BCUT2D eigenvalue weighted by atomic mass is 9.76. The number of piperidine rings is 1. The lowest BCUT2D eigenvalue weighted by Gasteiger charge is -2.47. The first-order valence-corrected chi connectivity index (χ1v) is 8.33. The first-order chi connectivity index (χ1) is 10.0. The van der Waals surface area contributed by atoms with Gasteiger partial charge in [0, 0.05) is 12.6 Å². The van der Waals surface area contributed by atoms with Crippen molar-refractivity contribution >= 4 is 12.0 Å². The maximum absolute atomic E-state index is 12.5. The molecule has 2 amide bonds. The van der Waals surface area contributed by atoms with Crippen molar-refractivity contribution in [3.8, 4) is 0 Å². The summed E-state index contributed by atoms with van der Waals surface area (Å²) in [6.07, 6.45) is 6.93. The number of hydrogen-bond donors (Lipinski definition) is 2. The summed E-state index contributed by atoms with van der Waals surface area (Å²) < 4.78 is 0. The Morgan fingerprint density at radius 2 is 1.95 bits per heavy atom. The van der Waals surface area contributed by atoms with E-state index in [0.717, 1.165) is 32.1 Å². The molecule has 21 heavy (non-hydrogen) atoms. The molecule has 0 radical (unpaired) electrons. The molecule has 1 aliphatic heterocycles. The lowest BCUT2D eigenvalue weighted by Crippen LogP contribution is -2.60. The van der Waals surface area contributed by atoms with Crippen molar-refractivity contribution in [3.63, 3.8) is 0 Å². The summed E-state index contributed by atoms with van der Waals surface area (Å²) in [5, 5.41) is 12.4. The molecule has 0 bridgehead atoms. The fraction of sp³-hybridized carbons (Fsp3) is 0.875. The number of hydrogen-bond acceptors (Lipinski definition) is 2. The number of aliphatic carboxylic acids is 1. The summed E-state index contributed by atoms with van der Waals surface area (Å²) in [5.74, 6) is 0.0468. The quantitative estimate of drug-likeness (QED) is 0.838.